The molecule has 1 aromatic rings. The van der Waals surface area contributed by atoms with Crippen LogP contribution in [0, 0.1) is 0 Å². The van der Waals surface area contributed by atoms with Crippen LogP contribution in [-0.4, -0.2) is 32.1 Å². The Morgan fingerprint density at radius 3 is 2.88 bits per heavy atom. The van der Waals surface area contributed by atoms with E-state index in [1.807, 2.05) is 17.8 Å². The molecular weight excluding hydrogens is 234 g/mol. The molecule has 0 spiro atoms. The van der Waals surface area contributed by atoms with Gasteiger partial charge in [-0.25, -0.2) is 0 Å². The summed E-state index contributed by atoms with van der Waals surface area (Å²) in [4.78, 5) is 1.24. The second-order valence-corrected chi connectivity index (χ2v) is 5.03. The van der Waals surface area contributed by atoms with E-state index in [9.17, 15) is 0 Å². The highest BCUT2D eigenvalue weighted by Gasteiger charge is 2.10. The Morgan fingerprint density at radius 1 is 1.24 bits per heavy atom. The first kappa shape index (κ1) is 12.6. The molecule has 4 heteroatoms. The molecule has 0 aliphatic carbocycles. The smallest absolute Gasteiger partial charge is 0.162 e. The minimum absolute atomic E-state index is 0.749. The number of rotatable bonds is 5. The Labute approximate surface area is 107 Å². The van der Waals surface area contributed by atoms with Gasteiger partial charge in [0, 0.05) is 23.6 Å². The minimum Gasteiger partial charge on any atom is -0.490 e. The number of hydrogen-bond donors (Lipinski definition) is 1. The first-order chi connectivity index (χ1) is 8.40. The van der Waals surface area contributed by atoms with Crippen molar-refractivity contribution < 1.29 is 9.47 Å². The maximum Gasteiger partial charge on any atom is 0.162 e. The van der Waals surface area contributed by atoms with E-state index >= 15 is 0 Å². The van der Waals surface area contributed by atoms with Crippen LogP contribution in [0.2, 0.25) is 0 Å². The normalized spacial score (nSPS) is 14.4. The molecule has 0 bridgehead atoms. The number of thioether (sulfide) groups is 1. The van der Waals surface area contributed by atoms with Crippen molar-refractivity contribution in [1.82, 2.24) is 5.32 Å². The summed E-state index contributed by atoms with van der Waals surface area (Å²) in [5, 5.41) is 3.31. The Morgan fingerprint density at radius 2 is 2.06 bits per heavy atom. The monoisotopic (exact) mass is 253 g/mol. The molecule has 0 unspecified atom stereocenters. The highest BCUT2D eigenvalue weighted by Crippen LogP contribution is 2.33. The third-order valence-corrected chi connectivity index (χ3v) is 3.51. The van der Waals surface area contributed by atoms with Crippen LogP contribution in [0.1, 0.15) is 13.3 Å². The lowest BCUT2D eigenvalue weighted by Gasteiger charge is -2.09. The second-order valence-electron chi connectivity index (χ2n) is 3.86. The molecule has 1 aromatic carbocycles. The van der Waals surface area contributed by atoms with Crippen molar-refractivity contribution >= 4 is 11.8 Å². The molecule has 3 nitrogen and oxygen atoms in total. The molecule has 94 valence electrons. The fourth-order valence-electron chi connectivity index (χ4n) is 1.65. The van der Waals surface area contributed by atoms with Gasteiger partial charge in [-0.1, -0.05) is 6.92 Å². The van der Waals surface area contributed by atoms with E-state index in [-0.39, 0.29) is 0 Å². The third-order valence-electron chi connectivity index (χ3n) is 2.52. The quantitative estimate of drug-likeness (QED) is 0.645. The van der Waals surface area contributed by atoms with Crippen LogP contribution in [0.4, 0.5) is 0 Å². The van der Waals surface area contributed by atoms with Gasteiger partial charge in [-0.2, -0.15) is 0 Å². The Bertz CT molecular complexity index is 357. The fourth-order valence-corrected chi connectivity index (χ4v) is 2.49. The average Bonchev–Trinajstić information content (AvgIpc) is 2.59. The molecule has 0 atom stereocenters. The molecule has 0 saturated heterocycles. The summed E-state index contributed by atoms with van der Waals surface area (Å²) >= 11 is 1.84. The SMILES string of the molecule is CCNCCSc1ccc2c(c1)OCCCO2. The Hall–Kier alpha value is -0.870. The van der Waals surface area contributed by atoms with E-state index in [0.717, 1.165) is 50.0 Å². The maximum absolute atomic E-state index is 5.66. The minimum atomic E-state index is 0.749. The van der Waals surface area contributed by atoms with Gasteiger partial charge in [0.25, 0.3) is 0 Å². The number of nitrogens with one attached hydrogen (secondary N) is 1. The summed E-state index contributed by atoms with van der Waals surface area (Å²) < 4.78 is 11.3. The largest absolute Gasteiger partial charge is 0.490 e. The lowest BCUT2D eigenvalue weighted by Crippen LogP contribution is -2.15. The molecule has 0 amide bonds. The number of fused-ring (bicyclic) bond motifs is 1. The van der Waals surface area contributed by atoms with Crippen LogP contribution in [-0.2, 0) is 0 Å². The van der Waals surface area contributed by atoms with Crippen molar-refractivity contribution in [1.29, 1.82) is 0 Å². The number of benzene rings is 1. The zero-order valence-electron chi connectivity index (χ0n) is 10.2. The lowest BCUT2D eigenvalue weighted by molar-refractivity contribution is 0.297. The zero-order valence-corrected chi connectivity index (χ0v) is 11.0. The van der Waals surface area contributed by atoms with Gasteiger partial charge in [-0.15, -0.1) is 11.8 Å². The molecule has 2 rings (SSSR count). The predicted octanol–water partition coefficient (Wildman–Crippen LogP) is 2.55. The van der Waals surface area contributed by atoms with Crippen LogP contribution in [0.25, 0.3) is 0 Å². The molecule has 1 aliphatic heterocycles. The molecule has 0 radical (unpaired) electrons. The van der Waals surface area contributed by atoms with Gasteiger partial charge in [0.05, 0.1) is 13.2 Å². The topological polar surface area (TPSA) is 30.5 Å². The molecule has 1 aliphatic rings. The highest BCUT2D eigenvalue weighted by atomic mass is 32.2. The van der Waals surface area contributed by atoms with Gasteiger partial charge in [-0.3, -0.25) is 0 Å². The van der Waals surface area contributed by atoms with Crippen LogP contribution in [0.5, 0.6) is 11.5 Å². The molecule has 1 heterocycles. The van der Waals surface area contributed by atoms with E-state index in [0.29, 0.717) is 0 Å². The zero-order chi connectivity index (χ0) is 11.9. The van der Waals surface area contributed by atoms with Gasteiger partial charge >= 0.3 is 0 Å². The van der Waals surface area contributed by atoms with E-state index in [4.69, 9.17) is 9.47 Å². The molecule has 0 saturated carbocycles. The van der Waals surface area contributed by atoms with Crippen molar-refractivity contribution in [3.8, 4) is 11.5 Å². The van der Waals surface area contributed by atoms with Crippen LogP contribution in [0.15, 0.2) is 23.1 Å². The molecule has 17 heavy (non-hydrogen) atoms. The average molecular weight is 253 g/mol. The summed E-state index contributed by atoms with van der Waals surface area (Å²) in [6, 6.07) is 6.19. The van der Waals surface area contributed by atoms with Gasteiger partial charge in [-0.05, 0) is 24.7 Å². The van der Waals surface area contributed by atoms with E-state index in [1.165, 1.54) is 4.90 Å². The number of ether oxygens (including phenoxy) is 2. The Kier molecular flexibility index (Phi) is 5.01. The van der Waals surface area contributed by atoms with Gasteiger partial charge in [0.15, 0.2) is 11.5 Å². The summed E-state index contributed by atoms with van der Waals surface area (Å²) in [6.45, 7) is 5.69. The standard InChI is InChI=1S/C13H19NO2S/c1-2-14-6-9-17-11-4-5-12-13(10-11)16-8-3-7-15-12/h4-5,10,14H,2-3,6-9H2,1H3. The van der Waals surface area contributed by atoms with Crippen molar-refractivity contribution in [2.45, 2.75) is 18.2 Å². The van der Waals surface area contributed by atoms with Gasteiger partial charge in [0.1, 0.15) is 0 Å². The fraction of sp³-hybridized carbons (Fsp3) is 0.538. The van der Waals surface area contributed by atoms with Crippen molar-refractivity contribution in [3.63, 3.8) is 0 Å². The molecule has 0 fully saturated rings. The Balaban J connectivity index is 1.93. The van der Waals surface area contributed by atoms with E-state index in [1.54, 1.807) is 0 Å². The summed E-state index contributed by atoms with van der Waals surface area (Å²) in [7, 11) is 0. The van der Waals surface area contributed by atoms with Crippen molar-refractivity contribution in [2.24, 2.45) is 0 Å². The maximum atomic E-state index is 5.66. The summed E-state index contributed by atoms with van der Waals surface area (Å²) in [5.74, 6) is 2.84. The van der Waals surface area contributed by atoms with Gasteiger partial charge in [0.2, 0.25) is 0 Å². The highest BCUT2D eigenvalue weighted by molar-refractivity contribution is 7.99. The van der Waals surface area contributed by atoms with Gasteiger partial charge < -0.3 is 14.8 Å². The lowest BCUT2D eigenvalue weighted by atomic mass is 10.3. The molecule has 0 aromatic heterocycles. The summed E-state index contributed by atoms with van der Waals surface area (Å²) in [5.41, 5.74) is 0. The predicted molar refractivity (Wildman–Crippen MR) is 71.3 cm³/mol. The van der Waals surface area contributed by atoms with Crippen molar-refractivity contribution in [2.75, 3.05) is 32.1 Å². The molecule has 1 N–H and O–H groups in total. The van der Waals surface area contributed by atoms with Crippen LogP contribution in [0.3, 0.4) is 0 Å². The summed E-state index contributed by atoms with van der Waals surface area (Å²) in [6.07, 6.45) is 0.956. The first-order valence-electron chi connectivity index (χ1n) is 6.13. The third kappa shape index (κ3) is 3.82. The van der Waals surface area contributed by atoms with E-state index in [2.05, 4.69) is 24.4 Å². The first-order valence-corrected chi connectivity index (χ1v) is 7.12. The van der Waals surface area contributed by atoms with Crippen molar-refractivity contribution in [3.05, 3.63) is 18.2 Å². The number of hydrogen-bond acceptors (Lipinski definition) is 4. The second kappa shape index (κ2) is 6.77. The van der Waals surface area contributed by atoms with Crippen LogP contribution >= 0.6 is 11.8 Å². The van der Waals surface area contributed by atoms with E-state index < -0.39 is 0 Å². The van der Waals surface area contributed by atoms with Crippen LogP contribution < -0.4 is 14.8 Å². The molecular formula is C13H19NO2S.